The Morgan fingerprint density at radius 2 is 0.960 bits per heavy atom. The van der Waals surface area contributed by atoms with Crippen molar-refractivity contribution in [1.82, 2.24) is 14.5 Å². The van der Waals surface area contributed by atoms with Crippen LogP contribution < -0.4 is 0 Å². The van der Waals surface area contributed by atoms with Gasteiger partial charge in [-0.05, 0) is 68.7 Å². The second kappa shape index (κ2) is 10.4. The first-order chi connectivity index (χ1) is 24.8. The van der Waals surface area contributed by atoms with E-state index in [0.29, 0.717) is 11.4 Å². The van der Waals surface area contributed by atoms with Crippen LogP contribution in [0.2, 0.25) is 0 Å². The summed E-state index contributed by atoms with van der Waals surface area (Å²) >= 11 is 0. The number of benzene rings is 8. The molecule has 0 aliphatic heterocycles. The smallest absolute Gasteiger partial charge is 0.180 e. The summed E-state index contributed by atoms with van der Waals surface area (Å²) in [4.78, 5) is 10.4. The number of fused-ring (bicyclic) bond motifs is 12. The molecule has 232 valence electrons. The highest BCUT2D eigenvalue weighted by molar-refractivity contribution is 6.26. The fraction of sp³-hybridized carbons (Fsp3) is 0. The third-order valence-corrected chi connectivity index (χ3v) is 10.2. The van der Waals surface area contributed by atoms with Crippen molar-refractivity contribution in [1.29, 1.82) is 0 Å². The van der Waals surface area contributed by atoms with Crippen molar-refractivity contribution in [2.75, 3.05) is 0 Å². The molecule has 0 N–H and O–H groups in total. The Morgan fingerprint density at radius 1 is 0.400 bits per heavy atom. The van der Waals surface area contributed by atoms with Crippen LogP contribution in [0.4, 0.5) is 0 Å². The first-order valence-electron chi connectivity index (χ1n) is 16.9. The summed E-state index contributed by atoms with van der Waals surface area (Å²) in [7, 11) is 0. The highest BCUT2D eigenvalue weighted by atomic mass is 16.3. The second-order valence-corrected chi connectivity index (χ2v) is 12.9. The molecule has 0 spiro atoms. The summed E-state index contributed by atoms with van der Waals surface area (Å²) in [5.41, 5.74) is 8.38. The summed E-state index contributed by atoms with van der Waals surface area (Å²) in [5, 5.41) is 10.8. The van der Waals surface area contributed by atoms with Crippen molar-refractivity contribution >= 4 is 76.2 Å². The summed E-state index contributed by atoms with van der Waals surface area (Å²) in [5.74, 6) is 0.668. The zero-order chi connectivity index (χ0) is 32.8. The summed E-state index contributed by atoms with van der Waals surface area (Å²) < 4.78 is 9.05. The topological polar surface area (TPSA) is 43.9 Å². The molecule has 4 heteroatoms. The third kappa shape index (κ3) is 3.87. The molecule has 0 atom stereocenters. The minimum absolute atomic E-state index is 0.668. The van der Waals surface area contributed by atoms with Crippen molar-refractivity contribution in [2.45, 2.75) is 0 Å². The summed E-state index contributed by atoms with van der Waals surface area (Å²) in [6.45, 7) is 0. The van der Waals surface area contributed by atoms with Crippen molar-refractivity contribution < 1.29 is 4.42 Å². The van der Waals surface area contributed by atoms with E-state index in [1.165, 1.54) is 43.1 Å². The standard InChI is InChI=1S/C46H27N3O/c1-2-12-28(13-3-1)46-47-43(29-22-24-35-33-16-5-4-14-31(33)32-15-6-7-17-34(32)38(35)26-29)45-44(48-46)39-27-30(23-25-42(39)50-45)49-40-20-10-8-18-36(40)37-19-9-11-21-41(37)49/h1-27H. The minimum Gasteiger partial charge on any atom is -0.452 e. The van der Waals surface area contributed by atoms with Gasteiger partial charge in [-0.2, -0.15) is 0 Å². The number of hydrogen-bond donors (Lipinski definition) is 0. The molecule has 0 aliphatic carbocycles. The van der Waals surface area contributed by atoms with Gasteiger partial charge in [-0.15, -0.1) is 0 Å². The lowest BCUT2D eigenvalue weighted by Gasteiger charge is -2.12. The molecule has 4 nitrogen and oxygen atoms in total. The van der Waals surface area contributed by atoms with E-state index >= 15 is 0 Å². The molecule has 3 heterocycles. The van der Waals surface area contributed by atoms with E-state index in [1.807, 2.05) is 18.2 Å². The van der Waals surface area contributed by atoms with Crippen LogP contribution >= 0.6 is 0 Å². The average Bonchev–Trinajstić information content (AvgIpc) is 3.73. The summed E-state index contributed by atoms with van der Waals surface area (Å²) in [6, 6.07) is 57.8. The minimum atomic E-state index is 0.668. The van der Waals surface area contributed by atoms with Crippen molar-refractivity contribution in [3.8, 4) is 28.3 Å². The van der Waals surface area contributed by atoms with E-state index < -0.39 is 0 Å². The molecule has 0 bridgehead atoms. The molecule has 0 aliphatic rings. The number of nitrogens with zero attached hydrogens (tertiary/aromatic N) is 3. The first kappa shape index (κ1) is 27.2. The Hall–Kier alpha value is -6.78. The SMILES string of the molecule is c1ccc(-c2nc(-c3ccc4c5ccccc5c5ccccc5c4c3)c3oc4ccc(-n5c6ccccc6c6ccccc65)cc4c3n2)cc1. The lowest BCUT2D eigenvalue weighted by atomic mass is 9.93. The van der Waals surface area contributed by atoms with Crippen molar-refractivity contribution in [2.24, 2.45) is 0 Å². The van der Waals surface area contributed by atoms with Gasteiger partial charge < -0.3 is 8.98 Å². The van der Waals surface area contributed by atoms with Crippen LogP contribution in [0.3, 0.4) is 0 Å². The van der Waals surface area contributed by atoms with Gasteiger partial charge in [0, 0.05) is 33.0 Å². The maximum Gasteiger partial charge on any atom is 0.180 e. The van der Waals surface area contributed by atoms with Crippen LogP contribution in [0.25, 0.3) is 105 Å². The maximum atomic E-state index is 6.71. The first-order valence-corrected chi connectivity index (χ1v) is 16.9. The summed E-state index contributed by atoms with van der Waals surface area (Å²) in [6.07, 6.45) is 0. The maximum absolute atomic E-state index is 6.71. The van der Waals surface area contributed by atoms with Gasteiger partial charge >= 0.3 is 0 Å². The molecule has 0 saturated heterocycles. The van der Waals surface area contributed by atoms with Gasteiger partial charge in [0.25, 0.3) is 0 Å². The molecular weight excluding hydrogens is 611 g/mol. The van der Waals surface area contributed by atoms with Crippen LogP contribution in [0.1, 0.15) is 0 Å². The number of hydrogen-bond acceptors (Lipinski definition) is 3. The quantitative estimate of drug-likeness (QED) is 0.181. The van der Waals surface area contributed by atoms with Gasteiger partial charge in [0.1, 0.15) is 16.8 Å². The predicted octanol–water partition coefficient (Wildman–Crippen LogP) is 12.3. The number of para-hydroxylation sites is 2. The van der Waals surface area contributed by atoms with Crippen LogP contribution in [0.15, 0.2) is 168 Å². The Morgan fingerprint density at radius 3 is 1.62 bits per heavy atom. The van der Waals surface area contributed by atoms with Crippen LogP contribution in [0, 0.1) is 0 Å². The molecule has 0 radical (unpaired) electrons. The normalized spacial score (nSPS) is 12.0. The van der Waals surface area contributed by atoms with Crippen LogP contribution in [-0.4, -0.2) is 14.5 Å². The highest BCUT2D eigenvalue weighted by Crippen LogP contribution is 2.41. The Labute approximate surface area is 286 Å². The number of rotatable bonds is 3. The number of aromatic nitrogens is 3. The molecule has 3 aromatic heterocycles. The largest absolute Gasteiger partial charge is 0.452 e. The molecule has 0 saturated carbocycles. The molecule has 0 amide bonds. The van der Waals surface area contributed by atoms with E-state index in [4.69, 9.17) is 14.4 Å². The Kier molecular flexibility index (Phi) is 5.63. The highest BCUT2D eigenvalue weighted by Gasteiger charge is 2.21. The lowest BCUT2D eigenvalue weighted by Crippen LogP contribution is -1.95. The van der Waals surface area contributed by atoms with Gasteiger partial charge in [-0.1, -0.05) is 127 Å². The third-order valence-electron chi connectivity index (χ3n) is 10.2. The lowest BCUT2D eigenvalue weighted by molar-refractivity contribution is 0.667. The Balaban J connectivity index is 1.21. The zero-order valence-corrected chi connectivity index (χ0v) is 26.8. The van der Waals surface area contributed by atoms with Crippen LogP contribution in [0.5, 0.6) is 0 Å². The zero-order valence-electron chi connectivity index (χ0n) is 26.8. The number of furan rings is 1. The van der Waals surface area contributed by atoms with Gasteiger partial charge in [0.2, 0.25) is 0 Å². The van der Waals surface area contributed by atoms with E-state index in [1.54, 1.807) is 0 Å². The van der Waals surface area contributed by atoms with Gasteiger partial charge in [0.15, 0.2) is 11.4 Å². The van der Waals surface area contributed by atoms with Crippen molar-refractivity contribution in [3.05, 3.63) is 164 Å². The second-order valence-electron chi connectivity index (χ2n) is 12.9. The monoisotopic (exact) mass is 637 g/mol. The molecule has 11 aromatic rings. The molecule has 50 heavy (non-hydrogen) atoms. The fourth-order valence-corrected chi connectivity index (χ4v) is 7.94. The van der Waals surface area contributed by atoms with Crippen molar-refractivity contribution in [3.63, 3.8) is 0 Å². The molecule has 0 unspecified atom stereocenters. The van der Waals surface area contributed by atoms with E-state index in [2.05, 4.69) is 150 Å². The van der Waals surface area contributed by atoms with Gasteiger partial charge in [-0.3, -0.25) is 0 Å². The molecule has 8 aromatic carbocycles. The fourth-order valence-electron chi connectivity index (χ4n) is 7.94. The average molecular weight is 638 g/mol. The van der Waals surface area contributed by atoms with E-state index in [9.17, 15) is 0 Å². The predicted molar refractivity (Wildman–Crippen MR) is 207 cm³/mol. The van der Waals surface area contributed by atoms with Gasteiger partial charge in [-0.25, -0.2) is 9.97 Å². The molecular formula is C46H27N3O. The van der Waals surface area contributed by atoms with Gasteiger partial charge in [0.05, 0.1) is 11.0 Å². The van der Waals surface area contributed by atoms with E-state index in [0.717, 1.165) is 50.0 Å². The molecule has 11 rings (SSSR count). The molecule has 0 fully saturated rings. The van der Waals surface area contributed by atoms with Crippen LogP contribution in [-0.2, 0) is 0 Å². The Bertz CT molecular complexity index is 3060. The van der Waals surface area contributed by atoms with E-state index in [-0.39, 0.29) is 0 Å².